The number of urea groups is 1. The van der Waals surface area contributed by atoms with Crippen molar-refractivity contribution in [2.45, 2.75) is 38.4 Å². The van der Waals surface area contributed by atoms with Gasteiger partial charge in [0.05, 0.1) is 12.9 Å². The average Bonchev–Trinajstić information content (AvgIpc) is 2.78. The first-order valence-electron chi connectivity index (χ1n) is 11.2. The number of amides is 2. The lowest BCUT2D eigenvalue weighted by Crippen LogP contribution is -2.37. The monoisotopic (exact) mass is 493 g/mol. The van der Waals surface area contributed by atoms with Gasteiger partial charge in [0.25, 0.3) is 0 Å². The van der Waals surface area contributed by atoms with E-state index < -0.39 is 10.0 Å². The van der Waals surface area contributed by atoms with E-state index in [1.807, 2.05) is 30.3 Å². The minimum absolute atomic E-state index is 0.194. The van der Waals surface area contributed by atoms with Gasteiger partial charge in [-0.1, -0.05) is 62.2 Å². The van der Waals surface area contributed by atoms with Crippen molar-refractivity contribution in [3.05, 3.63) is 65.7 Å². The van der Waals surface area contributed by atoms with Crippen LogP contribution < -0.4 is 14.8 Å². The molecule has 3 N–H and O–H groups in total. The lowest BCUT2D eigenvalue weighted by Gasteiger charge is -2.18. The Kier molecular flexibility index (Phi) is 12.1. The Balaban J connectivity index is 1.74. The highest BCUT2D eigenvalue weighted by molar-refractivity contribution is 7.97. The first-order chi connectivity index (χ1) is 15.9. The number of carbonyl (C=O) groups is 1. The van der Waals surface area contributed by atoms with Gasteiger partial charge in [-0.15, -0.1) is 0 Å². The number of benzene rings is 2. The molecule has 0 saturated carbocycles. The summed E-state index contributed by atoms with van der Waals surface area (Å²) in [6.07, 6.45) is 5.35. The molecule has 1 atom stereocenters. The molecule has 0 heterocycles. The van der Waals surface area contributed by atoms with Crippen molar-refractivity contribution < 1.29 is 17.9 Å². The van der Waals surface area contributed by atoms with Crippen LogP contribution in [0.25, 0.3) is 0 Å². The number of sulfonamides is 1. The lowest BCUT2D eigenvalue weighted by molar-refractivity contribution is 0.0964. The predicted molar refractivity (Wildman–Crippen MR) is 137 cm³/mol. The van der Waals surface area contributed by atoms with E-state index in [0.717, 1.165) is 44.1 Å². The van der Waals surface area contributed by atoms with Crippen molar-refractivity contribution >= 4 is 33.7 Å². The minimum Gasteiger partial charge on any atom is -0.381 e. The van der Waals surface area contributed by atoms with Crippen LogP contribution in [0.3, 0.4) is 0 Å². The molecule has 2 aromatic carbocycles. The Bertz CT molecular complexity index is 922. The van der Waals surface area contributed by atoms with Gasteiger partial charge in [-0.25, -0.2) is 13.2 Å². The van der Waals surface area contributed by atoms with Crippen LogP contribution in [0.5, 0.6) is 0 Å². The first-order valence-corrected chi connectivity index (χ1v) is 14.1. The molecule has 0 aliphatic heterocycles. The third-order valence-electron chi connectivity index (χ3n) is 4.83. The smallest absolute Gasteiger partial charge is 0.324 e. The lowest BCUT2D eigenvalue weighted by atomic mass is 10.00. The van der Waals surface area contributed by atoms with Gasteiger partial charge in [-0.3, -0.25) is 9.44 Å². The fourth-order valence-electron chi connectivity index (χ4n) is 3.18. The molecular formula is C24H35N3O4S2. The molecule has 33 heavy (non-hydrogen) atoms. The van der Waals surface area contributed by atoms with Crippen LogP contribution >= 0.6 is 11.9 Å². The number of rotatable bonds is 15. The zero-order valence-corrected chi connectivity index (χ0v) is 21.0. The predicted octanol–water partition coefficient (Wildman–Crippen LogP) is 4.57. The molecule has 0 radical (unpaired) electrons. The second-order valence-corrected chi connectivity index (χ2v) is 10.5. The van der Waals surface area contributed by atoms with Gasteiger partial charge in [-0.05, 0) is 48.0 Å². The summed E-state index contributed by atoms with van der Waals surface area (Å²) in [5, 5.41) is 2.95. The van der Waals surface area contributed by atoms with Crippen LogP contribution in [-0.4, -0.2) is 40.5 Å². The Labute approximate surface area is 202 Å². The molecule has 2 amide bonds. The summed E-state index contributed by atoms with van der Waals surface area (Å²) in [6, 6.07) is 17.0. The van der Waals surface area contributed by atoms with Crippen LogP contribution in [0.4, 0.5) is 10.5 Å². The highest BCUT2D eigenvalue weighted by atomic mass is 32.2. The summed E-state index contributed by atoms with van der Waals surface area (Å²) in [7, 11) is -3.29. The number of hydrogen-bond donors (Lipinski definition) is 3. The van der Waals surface area contributed by atoms with Crippen LogP contribution in [0.2, 0.25) is 0 Å². The van der Waals surface area contributed by atoms with Crippen LogP contribution in [0, 0.1) is 5.92 Å². The first kappa shape index (κ1) is 27.0. The molecule has 9 heteroatoms. The van der Waals surface area contributed by atoms with Crippen molar-refractivity contribution in [3.8, 4) is 0 Å². The Morgan fingerprint density at radius 2 is 1.76 bits per heavy atom. The maximum absolute atomic E-state index is 12.3. The van der Waals surface area contributed by atoms with Gasteiger partial charge in [0.15, 0.2) is 0 Å². The molecule has 0 bridgehead atoms. The fourth-order valence-corrected chi connectivity index (χ4v) is 4.38. The summed E-state index contributed by atoms with van der Waals surface area (Å²) < 4.78 is 33.6. The molecule has 7 nitrogen and oxygen atoms in total. The number of hydrogen-bond acceptors (Lipinski definition) is 5. The second kappa shape index (κ2) is 14.8. The van der Waals surface area contributed by atoms with Gasteiger partial charge in [-0.2, -0.15) is 0 Å². The molecule has 0 aliphatic carbocycles. The molecular weight excluding hydrogens is 458 g/mol. The van der Waals surface area contributed by atoms with Crippen molar-refractivity contribution in [2.75, 3.05) is 30.7 Å². The quantitative estimate of drug-likeness (QED) is 0.249. The van der Waals surface area contributed by atoms with Gasteiger partial charge in [0.1, 0.15) is 0 Å². The highest BCUT2D eigenvalue weighted by Crippen LogP contribution is 2.15. The third kappa shape index (κ3) is 12.6. The molecule has 0 fully saturated rings. The molecule has 0 spiro atoms. The van der Waals surface area contributed by atoms with Gasteiger partial charge < -0.3 is 10.1 Å². The van der Waals surface area contributed by atoms with E-state index in [0.29, 0.717) is 24.6 Å². The van der Waals surface area contributed by atoms with E-state index in [-0.39, 0.29) is 11.9 Å². The number of unbranched alkanes of at least 4 members (excludes halogenated alkanes) is 2. The standard InChI is InChI=1S/C24H35N3O4S2/c1-3-4-8-15-31-18-22(16-20-9-6-5-7-10-20)17-25-24(28)26-32-19-21-11-13-23(14-12-21)27-33(2,29)30/h5-7,9-14,22,27H,3-4,8,15-19H2,1-2H3,(H2,25,26,28). The normalized spacial score (nSPS) is 12.2. The van der Waals surface area contributed by atoms with Gasteiger partial charge >= 0.3 is 6.03 Å². The Hall–Kier alpha value is -2.23. The summed E-state index contributed by atoms with van der Waals surface area (Å²) in [5.74, 6) is 0.764. The summed E-state index contributed by atoms with van der Waals surface area (Å²) in [6.45, 7) is 4.06. The molecule has 0 aromatic heterocycles. The van der Waals surface area contributed by atoms with E-state index in [1.165, 1.54) is 17.5 Å². The Morgan fingerprint density at radius 1 is 1.03 bits per heavy atom. The maximum atomic E-state index is 12.3. The van der Waals surface area contributed by atoms with Crippen LogP contribution in [0.1, 0.15) is 37.3 Å². The molecule has 2 rings (SSSR count). The Morgan fingerprint density at radius 3 is 2.42 bits per heavy atom. The zero-order chi connectivity index (χ0) is 23.9. The second-order valence-electron chi connectivity index (χ2n) is 8.01. The van der Waals surface area contributed by atoms with E-state index in [1.54, 1.807) is 12.1 Å². The van der Waals surface area contributed by atoms with Crippen LogP contribution in [0.15, 0.2) is 54.6 Å². The summed E-state index contributed by atoms with van der Waals surface area (Å²) in [4.78, 5) is 12.3. The van der Waals surface area contributed by atoms with E-state index in [9.17, 15) is 13.2 Å². The highest BCUT2D eigenvalue weighted by Gasteiger charge is 2.12. The molecule has 1 unspecified atom stereocenters. The molecule has 2 aromatic rings. The van der Waals surface area contributed by atoms with Crippen molar-refractivity contribution in [1.29, 1.82) is 0 Å². The zero-order valence-electron chi connectivity index (χ0n) is 19.4. The molecule has 182 valence electrons. The number of anilines is 1. The number of carbonyl (C=O) groups excluding carboxylic acids is 1. The van der Waals surface area contributed by atoms with E-state index in [2.05, 4.69) is 33.8 Å². The summed E-state index contributed by atoms with van der Waals surface area (Å²) in [5.41, 5.74) is 2.71. The minimum atomic E-state index is -3.29. The van der Waals surface area contributed by atoms with Crippen molar-refractivity contribution in [1.82, 2.24) is 10.0 Å². The molecule has 0 saturated heterocycles. The topological polar surface area (TPSA) is 96.5 Å². The van der Waals surface area contributed by atoms with E-state index in [4.69, 9.17) is 4.74 Å². The fraction of sp³-hybridized carbons (Fsp3) is 0.458. The van der Waals surface area contributed by atoms with Crippen molar-refractivity contribution in [2.24, 2.45) is 5.92 Å². The average molecular weight is 494 g/mol. The van der Waals surface area contributed by atoms with Crippen LogP contribution in [-0.2, 0) is 26.9 Å². The summed E-state index contributed by atoms with van der Waals surface area (Å²) >= 11 is 1.28. The van der Waals surface area contributed by atoms with Crippen molar-refractivity contribution in [3.63, 3.8) is 0 Å². The third-order valence-corrected chi connectivity index (χ3v) is 6.24. The largest absolute Gasteiger partial charge is 0.381 e. The van der Waals surface area contributed by atoms with Gasteiger partial charge in [0, 0.05) is 30.5 Å². The van der Waals surface area contributed by atoms with E-state index >= 15 is 0 Å². The van der Waals surface area contributed by atoms with Gasteiger partial charge in [0.2, 0.25) is 10.0 Å². The molecule has 0 aliphatic rings. The number of ether oxygens (including phenoxy) is 1. The SMILES string of the molecule is CCCCCOCC(CNC(=O)NSCc1ccc(NS(C)(=O)=O)cc1)Cc1ccccc1. The maximum Gasteiger partial charge on any atom is 0.324 e. The number of nitrogens with one attached hydrogen (secondary N) is 3.